The fraction of sp³-hybridized carbons (Fsp3) is 0.500. The lowest BCUT2D eigenvalue weighted by Crippen LogP contribution is -2.21. The smallest absolute Gasteiger partial charge is 0.287 e. The van der Waals surface area contributed by atoms with Gasteiger partial charge in [0.15, 0.2) is 0 Å². The van der Waals surface area contributed by atoms with Crippen molar-refractivity contribution in [1.82, 2.24) is 9.78 Å². The molecule has 0 spiro atoms. The molecule has 1 aromatic rings. The fourth-order valence-electron chi connectivity index (χ4n) is 0.922. The van der Waals surface area contributed by atoms with Crippen LogP contribution < -0.4 is 10.9 Å². The van der Waals surface area contributed by atoms with E-state index >= 15 is 0 Å². The molecule has 1 N–H and O–H groups in total. The third-order valence-corrected chi connectivity index (χ3v) is 2.68. The third-order valence-electron chi connectivity index (χ3n) is 1.70. The van der Waals surface area contributed by atoms with Gasteiger partial charge in [-0.15, -0.1) is 0 Å². The van der Waals surface area contributed by atoms with Crippen LogP contribution in [0.25, 0.3) is 0 Å². The van der Waals surface area contributed by atoms with Gasteiger partial charge in [-0.05, 0) is 6.26 Å². The summed E-state index contributed by atoms with van der Waals surface area (Å²) in [5, 5.41) is 7.12. The first kappa shape index (κ1) is 11.4. The predicted octanol–water partition coefficient (Wildman–Crippen LogP) is 1.21. The number of halogens is 1. The second-order valence-corrected chi connectivity index (χ2v) is 4.08. The Balaban J connectivity index is 2.79. The Morgan fingerprint density at radius 3 is 3.07 bits per heavy atom. The molecule has 0 aliphatic rings. The number of anilines is 1. The molecule has 0 amide bonds. The van der Waals surface area contributed by atoms with Gasteiger partial charge in [0.2, 0.25) is 0 Å². The summed E-state index contributed by atoms with van der Waals surface area (Å²) in [6.07, 6.45) is 3.58. The number of hydrogen-bond donors (Lipinski definition) is 1. The molecule has 14 heavy (non-hydrogen) atoms. The second kappa shape index (κ2) is 5.26. The minimum Gasteiger partial charge on any atom is -0.382 e. The Morgan fingerprint density at radius 2 is 2.43 bits per heavy atom. The van der Waals surface area contributed by atoms with Crippen LogP contribution in [0, 0.1) is 0 Å². The lowest BCUT2D eigenvalue weighted by molar-refractivity contribution is 0.708. The fourth-order valence-corrected chi connectivity index (χ4v) is 1.47. The number of thioether (sulfide) groups is 1. The Morgan fingerprint density at radius 1 is 1.71 bits per heavy atom. The molecule has 6 heteroatoms. The van der Waals surface area contributed by atoms with E-state index in [1.165, 1.54) is 4.68 Å². The van der Waals surface area contributed by atoms with Crippen LogP contribution in [-0.2, 0) is 7.05 Å². The van der Waals surface area contributed by atoms with Crippen LogP contribution in [-0.4, -0.2) is 28.3 Å². The van der Waals surface area contributed by atoms with Gasteiger partial charge in [0.1, 0.15) is 5.02 Å². The normalized spacial score (nSPS) is 10.2. The summed E-state index contributed by atoms with van der Waals surface area (Å²) in [4.78, 5) is 11.3. The minimum atomic E-state index is -0.277. The van der Waals surface area contributed by atoms with Crippen LogP contribution in [0.15, 0.2) is 11.0 Å². The van der Waals surface area contributed by atoms with Crippen molar-refractivity contribution in [3.8, 4) is 0 Å². The van der Waals surface area contributed by atoms with E-state index in [-0.39, 0.29) is 10.6 Å². The van der Waals surface area contributed by atoms with Gasteiger partial charge in [-0.25, -0.2) is 4.68 Å². The number of aryl methyl sites for hydroxylation is 1. The number of aromatic nitrogens is 2. The molecule has 0 radical (unpaired) electrons. The highest BCUT2D eigenvalue weighted by molar-refractivity contribution is 7.98. The zero-order valence-corrected chi connectivity index (χ0v) is 9.65. The van der Waals surface area contributed by atoms with E-state index in [0.29, 0.717) is 5.69 Å². The molecule has 0 bridgehead atoms. The molecule has 0 aliphatic heterocycles. The van der Waals surface area contributed by atoms with Crippen LogP contribution in [0.3, 0.4) is 0 Å². The molecule has 0 saturated carbocycles. The van der Waals surface area contributed by atoms with Crippen LogP contribution in [0.2, 0.25) is 5.02 Å². The number of rotatable bonds is 4. The second-order valence-electron chi connectivity index (χ2n) is 2.72. The van der Waals surface area contributed by atoms with Crippen molar-refractivity contribution in [2.75, 3.05) is 23.9 Å². The third kappa shape index (κ3) is 2.65. The lowest BCUT2D eigenvalue weighted by atomic mass is 10.4. The van der Waals surface area contributed by atoms with Crippen molar-refractivity contribution in [2.45, 2.75) is 0 Å². The van der Waals surface area contributed by atoms with E-state index in [1.54, 1.807) is 25.0 Å². The Kier molecular flexibility index (Phi) is 4.28. The van der Waals surface area contributed by atoms with Crippen molar-refractivity contribution in [2.24, 2.45) is 7.05 Å². The molecule has 0 aliphatic carbocycles. The largest absolute Gasteiger partial charge is 0.382 e. The lowest BCUT2D eigenvalue weighted by Gasteiger charge is -2.06. The Bertz CT molecular complexity index is 366. The van der Waals surface area contributed by atoms with Crippen LogP contribution in [0.1, 0.15) is 0 Å². The summed E-state index contributed by atoms with van der Waals surface area (Å²) in [6.45, 7) is 0.774. The molecule has 0 saturated heterocycles. The molecule has 4 nitrogen and oxygen atoms in total. The van der Waals surface area contributed by atoms with E-state index < -0.39 is 0 Å². The van der Waals surface area contributed by atoms with Crippen molar-refractivity contribution < 1.29 is 0 Å². The first-order valence-electron chi connectivity index (χ1n) is 4.11. The minimum absolute atomic E-state index is 0.198. The maximum atomic E-state index is 11.3. The maximum absolute atomic E-state index is 11.3. The quantitative estimate of drug-likeness (QED) is 0.795. The molecule has 0 unspecified atom stereocenters. The van der Waals surface area contributed by atoms with Crippen molar-refractivity contribution in [1.29, 1.82) is 0 Å². The van der Waals surface area contributed by atoms with Crippen molar-refractivity contribution >= 4 is 29.1 Å². The molecule has 1 rings (SSSR count). The molecule has 0 aromatic carbocycles. The number of nitrogens with zero attached hydrogens (tertiary/aromatic N) is 2. The molecule has 0 fully saturated rings. The van der Waals surface area contributed by atoms with E-state index in [1.807, 2.05) is 6.26 Å². The highest BCUT2D eigenvalue weighted by Crippen LogP contribution is 2.14. The number of hydrogen-bond acceptors (Lipinski definition) is 4. The van der Waals surface area contributed by atoms with Gasteiger partial charge < -0.3 is 5.32 Å². The zero-order chi connectivity index (χ0) is 10.6. The summed E-state index contributed by atoms with van der Waals surface area (Å²) < 4.78 is 1.21. The van der Waals surface area contributed by atoms with Gasteiger partial charge >= 0.3 is 0 Å². The highest BCUT2D eigenvalue weighted by Gasteiger charge is 2.05. The Labute approximate surface area is 91.6 Å². The molecule has 1 heterocycles. The summed E-state index contributed by atoms with van der Waals surface area (Å²) in [6, 6.07) is 0. The van der Waals surface area contributed by atoms with Crippen LogP contribution >= 0.6 is 23.4 Å². The van der Waals surface area contributed by atoms with Crippen LogP contribution in [0.5, 0.6) is 0 Å². The van der Waals surface area contributed by atoms with E-state index in [9.17, 15) is 4.79 Å². The SMILES string of the molecule is CSCCNc1cnn(C)c(=O)c1Cl. The monoisotopic (exact) mass is 233 g/mol. The van der Waals surface area contributed by atoms with Crippen LogP contribution in [0.4, 0.5) is 5.69 Å². The van der Waals surface area contributed by atoms with Crippen molar-refractivity contribution in [3.05, 3.63) is 21.6 Å². The highest BCUT2D eigenvalue weighted by atomic mass is 35.5. The standard InChI is InChI=1S/C8H12ClN3OS/c1-12-8(13)7(9)6(5-11-12)10-3-4-14-2/h5,10H,3-4H2,1-2H3. The summed E-state index contributed by atoms with van der Waals surface area (Å²) >= 11 is 7.56. The maximum Gasteiger partial charge on any atom is 0.287 e. The van der Waals surface area contributed by atoms with Gasteiger partial charge in [-0.3, -0.25) is 4.79 Å². The van der Waals surface area contributed by atoms with E-state index in [2.05, 4.69) is 10.4 Å². The molecule has 0 atom stereocenters. The molecule has 78 valence electrons. The van der Waals surface area contributed by atoms with Crippen molar-refractivity contribution in [3.63, 3.8) is 0 Å². The average molecular weight is 234 g/mol. The van der Waals surface area contributed by atoms with Gasteiger partial charge in [-0.1, -0.05) is 11.6 Å². The summed E-state index contributed by atoms with van der Waals surface area (Å²) in [7, 11) is 1.57. The first-order chi connectivity index (χ1) is 6.66. The zero-order valence-electron chi connectivity index (χ0n) is 8.08. The van der Waals surface area contributed by atoms with E-state index in [4.69, 9.17) is 11.6 Å². The summed E-state index contributed by atoms with van der Waals surface area (Å²) in [5.41, 5.74) is 0.324. The topological polar surface area (TPSA) is 46.9 Å². The van der Waals surface area contributed by atoms with Gasteiger partial charge in [0.05, 0.1) is 11.9 Å². The molecule has 1 aromatic heterocycles. The first-order valence-corrected chi connectivity index (χ1v) is 5.88. The average Bonchev–Trinajstić information content (AvgIpc) is 2.18. The van der Waals surface area contributed by atoms with Gasteiger partial charge in [0, 0.05) is 19.3 Å². The Hall–Kier alpha value is -0.680. The van der Waals surface area contributed by atoms with Gasteiger partial charge in [-0.2, -0.15) is 16.9 Å². The van der Waals surface area contributed by atoms with Gasteiger partial charge in [0.25, 0.3) is 5.56 Å². The summed E-state index contributed by atoms with van der Waals surface area (Å²) in [5.74, 6) is 0.964. The van der Waals surface area contributed by atoms with E-state index in [0.717, 1.165) is 12.3 Å². The predicted molar refractivity (Wildman–Crippen MR) is 61.4 cm³/mol. The molecular weight excluding hydrogens is 222 g/mol. The number of nitrogens with one attached hydrogen (secondary N) is 1. The molecular formula is C8H12ClN3OS.